The zero-order valence-corrected chi connectivity index (χ0v) is 17.7. The Hall–Kier alpha value is -1.55. The first-order chi connectivity index (χ1) is 12.1. The van der Waals surface area contributed by atoms with Gasteiger partial charge in [-0.25, -0.2) is 4.79 Å². The molecule has 1 aromatic carbocycles. The molecule has 4 nitrogen and oxygen atoms in total. The summed E-state index contributed by atoms with van der Waals surface area (Å²) in [5.74, 6) is 1.81. The van der Waals surface area contributed by atoms with Crippen LogP contribution in [0.4, 0.5) is 0 Å². The summed E-state index contributed by atoms with van der Waals surface area (Å²) in [7, 11) is 0. The first-order valence-electron chi connectivity index (χ1n) is 9.66. The van der Waals surface area contributed by atoms with Crippen LogP contribution in [0.3, 0.4) is 0 Å². The van der Waals surface area contributed by atoms with Crippen LogP contribution in [0.15, 0.2) is 24.3 Å². The normalized spacial score (nSPS) is 12.2. The fourth-order valence-electron chi connectivity index (χ4n) is 1.86. The van der Waals surface area contributed by atoms with E-state index in [1.54, 1.807) is 24.3 Å². The van der Waals surface area contributed by atoms with Gasteiger partial charge in [-0.2, -0.15) is 0 Å². The van der Waals surface area contributed by atoms with E-state index >= 15 is 0 Å². The topological polar surface area (TPSA) is 55.8 Å². The van der Waals surface area contributed by atoms with Gasteiger partial charge in [-0.15, -0.1) is 0 Å². The fraction of sp³-hybridized carbons (Fsp3) is 0.682. The van der Waals surface area contributed by atoms with E-state index in [2.05, 4.69) is 27.7 Å². The number of benzene rings is 1. The molecule has 0 spiro atoms. The Bertz CT molecular complexity index is 486. The van der Waals surface area contributed by atoms with Crippen molar-refractivity contribution in [2.75, 3.05) is 13.2 Å². The fourth-order valence-corrected chi connectivity index (χ4v) is 1.86. The smallest absolute Gasteiger partial charge is 0.338 e. The molecule has 0 aliphatic rings. The van der Waals surface area contributed by atoms with Gasteiger partial charge in [0.1, 0.15) is 11.4 Å². The Labute approximate surface area is 159 Å². The van der Waals surface area contributed by atoms with Crippen LogP contribution in [0.25, 0.3) is 0 Å². The first kappa shape index (κ1) is 24.5. The van der Waals surface area contributed by atoms with Gasteiger partial charge >= 0.3 is 5.97 Å². The lowest BCUT2D eigenvalue weighted by Crippen LogP contribution is -2.23. The second kappa shape index (κ2) is 12.7. The second-order valence-electron chi connectivity index (χ2n) is 8.08. The molecule has 1 aromatic rings. The highest BCUT2D eigenvalue weighted by Gasteiger charge is 2.17. The Kier molecular flexibility index (Phi) is 12.0. The highest BCUT2D eigenvalue weighted by molar-refractivity contribution is 5.89. The number of rotatable bonds is 8. The van der Waals surface area contributed by atoms with Gasteiger partial charge in [0.15, 0.2) is 0 Å². The largest absolute Gasteiger partial charge is 0.494 e. The van der Waals surface area contributed by atoms with Crippen molar-refractivity contribution >= 4 is 5.97 Å². The van der Waals surface area contributed by atoms with E-state index in [1.165, 1.54) is 6.42 Å². The highest BCUT2D eigenvalue weighted by atomic mass is 16.6. The van der Waals surface area contributed by atoms with Gasteiger partial charge in [0.25, 0.3) is 0 Å². The predicted octanol–water partition coefficient (Wildman–Crippen LogP) is 5.48. The van der Waals surface area contributed by atoms with Crippen molar-refractivity contribution in [3.8, 4) is 5.75 Å². The van der Waals surface area contributed by atoms with E-state index in [-0.39, 0.29) is 5.97 Å². The molecular formula is C22H38O4. The van der Waals surface area contributed by atoms with E-state index in [9.17, 15) is 4.79 Å². The summed E-state index contributed by atoms with van der Waals surface area (Å²) in [6.07, 6.45) is 3.16. The Morgan fingerprint density at radius 1 is 1.08 bits per heavy atom. The van der Waals surface area contributed by atoms with Crippen LogP contribution in [0.5, 0.6) is 5.75 Å². The SMILES string of the molecule is CC(C)CCOc1ccc(C(=O)OC(C)(C)C)cc1.CCC(C)CCO. The molecule has 0 saturated heterocycles. The van der Waals surface area contributed by atoms with Crippen molar-refractivity contribution in [1.29, 1.82) is 0 Å². The Morgan fingerprint density at radius 3 is 2.04 bits per heavy atom. The van der Waals surface area contributed by atoms with Crippen molar-refractivity contribution in [3.63, 3.8) is 0 Å². The number of aliphatic hydroxyl groups is 1. The number of carbonyl (C=O) groups excluding carboxylic acids is 1. The minimum atomic E-state index is -0.469. The molecule has 0 amide bonds. The van der Waals surface area contributed by atoms with E-state index in [0.717, 1.165) is 18.6 Å². The molecule has 1 N–H and O–H groups in total. The lowest BCUT2D eigenvalue weighted by molar-refractivity contribution is 0.00695. The number of hydrogen-bond donors (Lipinski definition) is 1. The van der Waals surface area contributed by atoms with Crippen LogP contribution in [-0.2, 0) is 4.74 Å². The molecule has 0 radical (unpaired) electrons. The van der Waals surface area contributed by atoms with Crippen LogP contribution in [-0.4, -0.2) is 29.9 Å². The summed E-state index contributed by atoms with van der Waals surface area (Å²) in [5, 5.41) is 8.37. The summed E-state index contributed by atoms with van der Waals surface area (Å²) in [5.41, 5.74) is 0.0786. The zero-order chi connectivity index (χ0) is 20.2. The van der Waals surface area contributed by atoms with E-state index in [1.807, 2.05) is 20.8 Å². The summed E-state index contributed by atoms with van der Waals surface area (Å²) in [6, 6.07) is 7.08. The Balaban J connectivity index is 0.000000758. The van der Waals surface area contributed by atoms with E-state index in [4.69, 9.17) is 14.6 Å². The monoisotopic (exact) mass is 366 g/mol. The van der Waals surface area contributed by atoms with Crippen LogP contribution < -0.4 is 4.74 Å². The van der Waals surface area contributed by atoms with Gasteiger partial charge < -0.3 is 14.6 Å². The van der Waals surface area contributed by atoms with Crippen LogP contribution in [0.2, 0.25) is 0 Å². The van der Waals surface area contributed by atoms with Crippen molar-refractivity contribution in [2.45, 2.75) is 73.3 Å². The Morgan fingerprint density at radius 2 is 1.65 bits per heavy atom. The van der Waals surface area contributed by atoms with Gasteiger partial charge in [-0.1, -0.05) is 34.1 Å². The maximum atomic E-state index is 11.8. The van der Waals surface area contributed by atoms with Crippen molar-refractivity contribution in [2.24, 2.45) is 11.8 Å². The number of esters is 1. The number of hydrogen-bond acceptors (Lipinski definition) is 4. The molecule has 0 aliphatic carbocycles. The molecule has 0 fully saturated rings. The summed E-state index contributed by atoms with van der Waals surface area (Å²) < 4.78 is 10.9. The average molecular weight is 367 g/mol. The van der Waals surface area contributed by atoms with Crippen molar-refractivity contribution in [3.05, 3.63) is 29.8 Å². The van der Waals surface area contributed by atoms with Gasteiger partial charge in [0, 0.05) is 6.61 Å². The van der Waals surface area contributed by atoms with Gasteiger partial charge in [-0.05, 0) is 69.7 Å². The molecule has 26 heavy (non-hydrogen) atoms. The maximum absolute atomic E-state index is 11.8. The lowest BCUT2D eigenvalue weighted by atomic mass is 10.1. The van der Waals surface area contributed by atoms with Gasteiger partial charge in [-0.3, -0.25) is 0 Å². The van der Waals surface area contributed by atoms with Gasteiger partial charge in [0.2, 0.25) is 0 Å². The molecular weight excluding hydrogens is 328 g/mol. The highest BCUT2D eigenvalue weighted by Crippen LogP contribution is 2.16. The predicted molar refractivity (Wildman–Crippen MR) is 108 cm³/mol. The number of aliphatic hydroxyl groups excluding tert-OH is 1. The van der Waals surface area contributed by atoms with E-state index < -0.39 is 5.60 Å². The maximum Gasteiger partial charge on any atom is 0.338 e. The molecule has 0 aromatic heterocycles. The molecule has 0 bridgehead atoms. The average Bonchev–Trinajstić information content (AvgIpc) is 2.54. The third-order valence-corrected chi connectivity index (χ3v) is 3.77. The molecule has 1 atom stereocenters. The number of carbonyl (C=O) groups is 1. The summed E-state index contributed by atoms with van der Waals surface area (Å²) >= 11 is 0. The molecule has 0 heterocycles. The standard InChI is InChI=1S/C16H24O3.C6H14O/c1-12(2)10-11-18-14-8-6-13(7-9-14)15(17)19-16(3,4)5;1-3-6(2)4-5-7/h6-9,12H,10-11H2,1-5H3;6-7H,3-5H2,1-2H3. The minimum absolute atomic E-state index is 0.304. The summed E-state index contributed by atoms with van der Waals surface area (Å²) in [6.45, 7) is 15.2. The minimum Gasteiger partial charge on any atom is -0.494 e. The van der Waals surface area contributed by atoms with Crippen molar-refractivity contribution < 1.29 is 19.4 Å². The molecule has 0 aliphatic heterocycles. The molecule has 0 saturated carbocycles. The molecule has 4 heteroatoms. The van der Waals surface area contributed by atoms with Crippen LogP contribution >= 0.6 is 0 Å². The third kappa shape index (κ3) is 12.8. The van der Waals surface area contributed by atoms with Crippen molar-refractivity contribution in [1.82, 2.24) is 0 Å². The third-order valence-electron chi connectivity index (χ3n) is 3.77. The zero-order valence-electron chi connectivity index (χ0n) is 17.7. The molecule has 150 valence electrons. The van der Waals surface area contributed by atoms with Crippen LogP contribution in [0, 0.1) is 11.8 Å². The quantitative estimate of drug-likeness (QED) is 0.619. The molecule has 1 rings (SSSR count). The summed E-state index contributed by atoms with van der Waals surface area (Å²) in [4.78, 5) is 11.8. The van der Waals surface area contributed by atoms with E-state index in [0.29, 0.717) is 30.6 Å². The second-order valence-corrected chi connectivity index (χ2v) is 8.08. The van der Waals surface area contributed by atoms with Gasteiger partial charge in [0.05, 0.1) is 12.2 Å². The molecule has 1 unspecified atom stereocenters. The number of ether oxygens (including phenoxy) is 2. The first-order valence-corrected chi connectivity index (χ1v) is 9.66. The lowest BCUT2D eigenvalue weighted by Gasteiger charge is -2.19. The van der Waals surface area contributed by atoms with Crippen LogP contribution in [0.1, 0.15) is 78.1 Å².